The van der Waals surface area contributed by atoms with Gasteiger partial charge in [-0.2, -0.15) is 0 Å². The first-order chi connectivity index (χ1) is 6.93. The van der Waals surface area contributed by atoms with Crippen LogP contribution < -0.4 is 10.6 Å². The molecule has 1 fully saturated rings. The Morgan fingerprint density at radius 1 is 0.929 bits per heavy atom. The molecule has 0 heterocycles. The minimum absolute atomic E-state index is 0.951. The van der Waals surface area contributed by atoms with E-state index in [1.165, 1.54) is 51.5 Å². The molecule has 0 aromatic heterocycles. The fraction of sp³-hybridized carbons (Fsp3) is 1.00. The van der Waals surface area contributed by atoms with E-state index in [1.807, 2.05) is 7.05 Å². The average molecular weight is 198 g/mol. The van der Waals surface area contributed by atoms with Crippen LogP contribution in [0.2, 0.25) is 0 Å². The molecule has 1 saturated carbocycles. The quantitative estimate of drug-likeness (QED) is 0.662. The molecule has 14 heavy (non-hydrogen) atoms. The molecule has 1 rings (SSSR count). The van der Waals surface area contributed by atoms with Crippen LogP contribution in [0.25, 0.3) is 0 Å². The standard InChI is InChI=1S/C12H26N2/c1-13-9-10-14-11-12-7-5-3-2-4-6-8-12/h12-14H,2-11H2,1H3. The van der Waals surface area contributed by atoms with Crippen molar-refractivity contribution in [1.29, 1.82) is 0 Å². The third-order valence-corrected chi connectivity index (χ3v) is 3.21. The van der Waals surface area contributed by atoms with Crippen molar-refractivity contribution in [3.05, 3.63) is 0 Å². The van der Waals surface area contributed by atoms with Crippen LogP contribution in [-0.2, 0) is 0 Å². The van der Waals surface area contributed by atoms with Crippen LogP contribution >= 0.6 is 0 Å². The van der Waals surface area contributed by atoms with Gasteiger partial charge in [-0.3, -0.25) is 0 Å². The predicted octanol–water partition coefficient (Wildman–Crippen LogP) is 2.16. The molecule has 2 N–H and O–H groups in total. The van der Waals surface area contributed by atoms with Gasteiger partial charge in [0.25, 0.3) is 0 Å². The summed E-state index contributed by atoms with van der Waals surface area (Å²) in [5.41, 5.74) is 0. The van der Waals surface area contributed by atoms with E-state index in [-0.39, 0.29) is 0 Å². The van der Waals surface area contributed by atoms with Crippen LogP contribution in [-0.4, -0.2) is 26.7 Å². The van der Waals surface area contributed by atoms with E-state index in [2.05, 4.69) is 10.6 Å². The molecule has 1 aliphatic rings. The van der Waals surface area contributed by atoms with Crippen LogP contribution in [0.4, 0.5) is 0 Å². The molecule has 0 aromatic rings. The number of likely N-dealkylation sites (N-methyl/N-ethyl adjacent to an activating group) is 1. The van der Waals surface area contributed by atoms with Gasteiger partial charge in [0.1, 0.15) is 0 Å². The monoisotopic (exact) mass is 198 g/mol. The van der Waals surface area contributed by atoms with Gasteiger partial charge < -0.3 is 10.6 Å². The highest BCUT2D eigenvalue weighted by Gasteiger charge is 2.10. The van der Waals surface area contributed by atoms with Crippen LogP contribution in [0, 0.1) is 5.92 Å². The van der Waals surface area contributed by atoms with E-state index in [4.69, 9.17) is 0 Å². The third kappa shape index (κ3) is 5.61. The summed E-state index contributed by atoms with van der Waals surface area (Å²) < 4.78 is 0. The van der Waals surface area contributed by atoms with Gasteiger partial charge in [-0.15, -0.1) is 0 Å². The van der Waals surface area contributed by atoms with Crippen molar-refractivity contribution < 1.29 is 0 Å². The highest BCUT2D eigenvalue weighted by Crippen LogP contribution is 2.21. The van der Waals surface area contributed by atoms with Crippen molar-refractivity contribution in [2.75, 3.05) is 26.7 Å². The van der Waals surface area contributed by atoms with Crippen molar-refractivity contribution in [3.8, 4) is 0 Å². The highest BCUT2D eigenvalue weighted by atomic mass is 14.9. The summed E-state index contributed by atoms with van der Waals surface area (Å²) in [7, 11) is 2.01. The van der Waals surface area contributed by atoms with Crippen molar-refractivity contribution in [3.63, 3.8) is 0 Å². The minimum atomic E-state index is 0.951. The summed E-state index contributed by atoms with van der Waals surface area (Å²) in [6.45, 7) is 3.45. The first kappa shape index (κ1) is 12.0. The smallest absolute Gasteiger partial charge is 0.00767 e. The Balaban J connectivity index is 2.02. The van der Waals surface area contributed by atoms with Crippen LogP contribution in [0.5, 0.6) is 0 Å². The predicted molar refractivity (Wildman–Crippen MR) is 62.6 cm³/mol. The zero-order valence-electron chi connectivity index (χ0n) is 9.65. The maximum absolute atomic E-state index is 3.54. The lowest BCUT2D eigenvalue weighted by Crippen LogP contribution is -2.29. The van der Waals surface area contributed by atoms with E-state index in [0.717, 1.165) is 19.0 Å². The zero-order valence-corrected chi connectivity index (χ0v) is 9.65. The molecule has 1 aliphatic carbocycles. The van der Waals surface area contributed by atoms with Crippen molar-refractivity contribution >= 4 is 0 Å². The largest absolute Gasteiger partial charge is 0.318 e. The molecule has 0 aromatic carbocycles. The summed E-state index contributed by atoms with van der Waals surface area (Å²) in [5, 5.41) is 6.71. The topological polar surface area (TPSA) is 24.1 Å². The summed E-state index contributed by atoms with van der Waals surface area (Å²) in [6, 6.07) is 0. The van der Waals surface area contributed by atoms with Gasteiger partial charge in [0.2, 0.25) is 0 Å². The molecule has 2 heteroatoms. The molecule has 0 radical (unpaired) electrons. The Morgan fingerprint density at radius 2 is 1.57 bits per heavy atom. The second-order valence-electron chi connectivity index (χ2n) is 4.52. The molecular formula is C12H26N2. The Morgan fingerprint density at radius 3 is 2.21 bits per heavy atom. The molecule has 0 atom stereocenters. The normalized spacial score (nSPS) is 20.4. The molecule has 84 valence electrons. The second-order valence-corrected chi connectivity index (χ2v) is 4.52. The van der Waals surface area contributed by atoms with Gasteiger partial charge in [0.15, 0.2) is 0 Å². The molecular weight excluding hydrogens is 172 g/mol. The molecule has 0 unspecified atom stereocenters. The number of nitrogens with one attached hydrogen (secondary N) is 2. The molecule has 2 nitrogen and oxygen atoms in total. The number of hydrogen-bond acceptors (Lipinski definition) is 2. The number of hydrogen-bond donors (Lipinski definition) is 2. The van der Waals surface area contributed by atoms with Gasteiger partial charge in [0.05, 0.1) is 0 Å². The Hall–Kier alpha value is -0.0800. The SMILES string of the molecule is CNCCNCC1CCCCCCC1. The summed E-state index contributed by atoms with van der Waals surface area (Å²) in [4.78, 5) is 0. The Labute approximate surface area is 88.8 Å². The lowest BCUT2D eigenvalue weighted by atomic mass is 9.91. The van der Waals surface area contributed by atoms with E-state index < -0.39 is 0 Å². The van der Waals surface area contributed by atoms with Crippen LogP contribution in [0.3, 0.4) is 0 Å². The fourth-order valence-corrected chi connectivity index (χ4v) is 2.26. The van der Waals surface area contributed by atoms with Crippen molar-refractivity contribution in [2.45, 2.75) is 44.9 Å². The summed E-state index contributed by atoms with van der Waals surface area (Å²) >= 11 is 0. The van der Waals surface area contributed by atoms with Crippen LogP contribution in [0.1, 0.15) is 44.9 Å². The van der Waals surface area contributed by atoms with E-state index in [1.54, 1.807) is 0 Å². The Kier molecular flexibility index (Phi) is 7.06. The number of rotatable bonds is 5. The van der Waals surface area contributed by atoms with E-state index >= 15 is 0 Å². The van der Waals surface area contributed by atoms with Gasteiger partial charge >= 0.3 is 0 Å². The lowest BCUT2D eigenvalue weighted by Gasteiger charge is -2.19. The van der Waals surface area contributed by atoms with Crippen molar-refractivity contribution in [2.24, 2.45) is 5.92 Å². The van der Waals surface area contributed by atoms with E-state index in [0.29, 0.717) is 0 Å². The molecule has 0 bridgehead atoms. The summed E-state index contributed by atoms with van der Waals surface area (Å²) in [6.07, 6.45) is 10.2. The molecule has 0 aliphatic heterocycles. The highest BCUT2D eigenvalue weighted by molar-refractivity contribution is 4.66. The zero-order chi connectivity index (χ0) is 10.1. The first-order valence-electron chi connectivity index (χ1n) is 6.29. The maximum atomic E-state index is 3.54. The van der Waals surface area contributed by atoms with Gasteiger partial charge in [-0.1, -0.05) is 32.1 Å². The maximum Gasteiger partial charge on any atom is 0.00767 e. The first-order valence-corrected chi connectivity index (χ1v) is 6.29. The van der Waals surface area contributed by atoms with E-state index in [9.17, 15) is 0 Å². The lowest BCUT2D eigenvalue weighted by molar-refractivity contribution is 0.361. The van der Waals surface area contributed by atoms with Gasteiger partial charge in [-0.05, 0) is 32.4 Å². The van der Waals surface area contributed by atoms with Crippen LogP contribution in [0.15, 0.2) is 0 Å². The molecule has 0 spiro atoms. The fourth-order valence-electron chi connectivity index (χ4n) is 2.26. The third-order valence-electron chi connectivity index (χ3n) is 3.21. The molecule has 0 saturated heterocycles. The minimum Gasteiger partial charge on any atom is -0.318 e. The van der Waals surface area contributed by atoms with Gasteiger partial charge in [-0.25, -0.2) is 0 Å². The average Bonchev–Trinajstić information content (AvgIpc) is 2.15. The second kappa shape index (κ2) is 8.25. The molecule has 0 amide bonds. The summed E-state index contributed by atoms with van der Waals surface area (Å²) in [5.74, 6) is 0.951. The van der Waals surface area contributed by atoms with Crippen molar-refractivity contribution in [1.82, 2.24) is 10.6 Å². The Bertz CT molecular complexity index is 117. The van der Waals surface area contributed by atoms with Gasteiger partial charge in [0, 0.05) is 13.1 Å².